The number of carboxylic acids is 1. The van der Waals surface area contributed by atoms with Crippen molar-refractivity contribution in [2.45, 2.75) is 26.8 Å². The molecule has 1 aromatic heterocycles. The molecule has 1 N–H and O–H groups in total. The van der Waals surface area contributed by atoms with Gasteiger partial charge in [-0.15, -0.1) is 0 Å². The second kappa shape index (κ2) is 4.69. The standard InChI is InChI=1S/C15H17NO2/c1-10-9-14(15(17)18)12(3)16(10)11(2)13-7-5-4-6-8-13/h4-9,11H,1-3H3,(H,17,18)/t11-/m0/s1. The lowest BCUT2D eigenvalue weighted by Gasteiger charge is -2.19. The molecule has 1 atom stereocenters. The van der Waals surface area contributed by atoms with Crippen molar-refractivity contribution in [1.82, 2.24) is 4.57 Å². The highest BCUT2D eigenvalue weighted by Crippen LogP contribution is 2.25. The summed E-state index contributed by atoms with van der Waals surface area (Å²) in [6.45, 7) is 5.88. The molecule has 0 bridgehead atoms. The number of rotatable bonds is 3. The van der Waals surface area contributed by atoms with Crippen LogP contribution in [-0.4, -0.2) is 15.6 Å². The minimum absolute atomic E-state index is 0.138. The van der Waals surface area contributed by atoms with Crippen LogP contribution in [0.1, 0.15) is 40.3 Å². The Hall–Kier alpha value is -2.03. The number of carboxylic acid groups (broad SMARTS) is 1. The molecular weight excluding hydrogens is 226 g/mol. The van der Waals surface area contributed by atoms with Crippen molar-refractivity contribution in [1.29, 1.82) is 0 Å². The highest BCUT2D eigenvalue weighted by atomic mass is 16.4. The van der Waals surface area contributed by atoms with Crippen LogP contribution in [0, 0.1) is 13.8 Å². The molecule has 0 fully saturated rings. The van der Waals surface area contributed by atoms with Gasteiger partial charge in [0.25, 0.3) is 0 Å². The highest BCUT2D eigenvalue weighted by molar-refractivity contribution is 5.89. The average molecular weight is 243 g/mol. The zero-order chi connectivity index (χ0) is 13.3. The van der Waals surface area contributed by atoms with Crippen LogP contribution >= 0.6 is 0 Å². The number of aromatic nitrogens is 1. The zero-order valence-electron chi connectivity index (χ0n) is 10.8. The Morgan fingerprint density at radius 2 is 1.83 bits per heavy atom. The monoisotopic (exact) mass is 243 g/mol. The lowest BCUT2D eigenvalue weighted by atomic mass is 10.1. The van der Waals surface area contributed by atoms with Crippen LogP contribution in [0.15, 0.2) is 36.4 Å². The number of hydrogen-bond acceptors (Lipinski definition) is 1. The first-order chi connectivity index (χ1) is 8.52. The molecule has 0 aliphatic carbocycles. The summed E-state index contributed by atoms with van der Waals surface area (Å²) >= 11 is 0. The molecule has 1 heterocycles. The van der Waals surface area contributed by atoms with E-state index in [9.17, 15) is 4.79 Å². The average Bonchev–Trinajstić information content (AvgIpc) is 2.65. The first kappa shape index (κ1) is 12.4. The van der Waals surface area contributed by atoms with Gasteiger partial charge in [-0.1, -0.05) is 30.3 Å². The minimum Gasteiger partial charge on any atom is -0.478 e. The second-order valence-electron chi connectivity index (χ2n) is 4.55. The summed E-state index contributed by atoms with van der Waals surface area (Å²) in [6.07, 6.45) is 0. The molecule has 1 aromatic carbocycles. The van der Waals surface area contributed by atoms with E-state index in [2.05, 4.69) is 23.6 Å². The molecule has 0 aliphatic heterocycles. The molecule has 94 valence electrons. The van der Waals surface area contributed by atoms with E-state index in [-0.39, 0.29) is 6.04 Å². The van der Waals surface area contributed by atoms with Crippen LogP contribution < -0.4 is 0 Å². The maximum Gasteiger partial charge on any atom is 0.337 e. The van der Waals surface area contributed by atoms with E-state index in [0.717, 1.165) is 11.4 Å². The van der Waals surface area contributed by atoms with E-state index in [4.69, 9.17) is 5.11 Å². The molecule has 2 rings (SSSR count). The van der Waals surface area contributed by atoms with Crippen LogP contribution in [-0.2, 0) is 0 Å². The Bertz CT molecular complexity index is 570. The molecule has 0 aliphatic rings. The fourth-order valence-electron chi connectivity index (χ4n) is 2.47. The summed E-state index contributed by atoms with van der Waals surface area (Å²) < 4.78 is 2.07. The molecule has 0 saturated heterocycles. The topological polar surface area (TPSA) is 42.2 Å². The molecule has 0 saturated carbocycles. The van der Waals surface area contributed by atoms with Crippen LogP contribution in [0.25, 0.3) is 0 Å². The van der Waals surface area contributed by atoms with Crippen molar-refractivity contribution >= 4 is 5.97 Å². The molecule has 2 aromatic rings. The fourth-order valence-corrected chi connectivity index (χ4v) is 2.47. The van der Waals surface area contributed by atoms with E-state index >= 15 is 0 Å². The van der Waals surface area contributed by atoms with Crippen LogP contribution in [0.2, 0.25) is 0 Å². The van der Waals surface area contributed by atoms with Crippen molar-refractivity contribution in [2.75, 3.05) is 0 Å². The third kappa shape index (κ3) is 2.04. The normalized spacial score (nSPS) is 12.4. The maximum absolute atomic E-state index is 11.1. The number of benzene rings is 1. The molecule has 3 heteroatoms. The Morgan fingerprint density at radius 1 is 1.22 bits per heavy atom. The summed E-state index contributed by atoms with van der Waals surface area (Å²) in [5, 5.41) is 9.14. The number of nitrogens with zero attached hydrogens (tertiary/aromatic N) is 1. The van der Waals surface area contributed by atoms with Gasteiger partial charge in [0.1, 0.15) is 0 Å². The number of carbonyl (C=O) groups is 1. The summed E-state index contributed by atoms with van der Waals surface area (Å²) in [4.78, 5) is 11.1. The summed E-state index contributed by atoms with van der Waals surface area (Å²) in [7, 11) is 0. The molecule has 0 radical (unpaired) electrons. The number of aromatic carboxylic acids is 1. The molecule has 18 heavy (non-hydrogen) atoms. The van der Waals surface area contributed by atoms with Crippen molar-refractivity contribution in [3.63, 3.8) is 0 Å². The van der Waals surface area contributed by atoms with E-state index in [1.165, 1.54) is 5.56 Å². The van der Waals surface area contributed by atoms with E-state index in [0.29, 0.717) is 5.56 Å². The summed E-state index contributed by atoms with van der Waals surface area (Å²) in [5.74, 6) is -0.866. The quantitative estimate of drug-likeness (QED) is 0.897. The Labute approximate surface area is 107 Å². The smallest absolute Gasteiger partial charge is 0.337 e. The number of hydrogen-bond donors (Lipinski definition) is 1. The van der Waals surface area contributed by atoms with Crippen LogP contribution in [0.3, 0.4) is 0 Å². The first-order valence-electron chi connectivity index (χ1n) is 5.99. The summed E-state index contributed by atoms with van der Waals surface area (Å²) in [5.41, 5.74) is 3.34. The minimum atomic E-state index is -0.866. The Morgan fingerprint density at radius 3 is 2.33 bits per heavy atom. The van der Waals surface area contributed by atoms with Gasteiger partial charge in [-0.05, 0) is 32.4 Å². The van der Waals surface area contributed by atoms with Gasteiger partial charge in [0.2, 0.25) is 0 Å². The van der Waals surface area contributed by atoms with Gasteiger partial charge >= 0.3 is 5.97 Å². The fraction of sp³-hybridized carbons (Fsp3) is 0.267. The molecule has 0 unspecified atom stereocenters. The Kier molecular flexibility index (Phi) is 3.24. The van der Waals surface area contributed by atoms with Gasteiger partial charge < -0.3 is 9.67 Å². The predicted octanol–water partition coefficient (Wildman–Crippen LogP) is 3.41. The highest BCUT2D eigenvalue weighted by Gasteiger charge is 2.18. The van der Waals surface area contributed by atoms with Gasteiger partial charge in [0.15, 0.2) is 0 Å². The molecule has 3 nitrogen and oxygen atoms in total. The van der Waals surface area contributed by atoms with Gasteiger partial charge in [0, 0.05) is 11.4 Å². The van der Waals surface area contributed by atoms with Gasteiger partial charge in [-0.3, -0.25) is 0 Å². The molecule has 0 amide bonds. The lowest BCUT2D eigenvalue weighted by molar-refractivity contribution is 0.0696. The van der Waals surface area contributed by atoms with Crippen LogP contribution in [0.5, 0.6) is 0 Å². The summed E-state index contributed by atoms with van der Waals surface area (Å²) in [6, 6.07) is 12.0. The van der Waals surface area contributed by atoms with E-state index in [1.54, 1.807) is 6.07 Å². The number of aryl methyl sites for hydroxylation is 1. The largest absolute Gasteiger partial charge is 0.478 e. The van der Waals surface area contributed by atoms with Crippen molar-refractivity contribution in [2.24, 2.45) is 0 Å². The van der Waals surface area contributed by atoms with Crippen molar-refractivity contribution in [3.8, 4) is 0 Å². The first-order valence-corrected chi connectivity index (χ1v) is 5.99. The van der Waals surface area contributed by atoms with Crippen molar-refractivity contribution in [3.05, 3.63) is 58.9 Å². The van der Waals surface area contributed by atoms with Gasteiger partial charge in [0.05, 0.1) is 11.6 Å². The lowest BCUT2D eigenvalue weighted by Crippen LogP contribution is -2.11. The van der Waals surface area contributed by atoms with Crippen molar-refractivity contribution < 1.29 is 9.90 Å². The Balaban J connectivity index is 2.49. The SMILES string of the molecule is Cc1cc(C(=O)O)c(C)n1[C@@H](C)c1ccccc1. The van der Waals surface area contributed by atoms with Gasteiger partial charge in [-0.25, -0.2) is 4.79 Å². The molecule has 0 spiro atoms. The third-order valence-corrected chi connectivity index (χ3v) is 3.38. The second-order valence-corrected chi connectivity index (χ2v) is 4.55. The van der Waals surface area contributed by atoms with Crippen LogP contribution in [0.4, 0.5) is 0 Å². The third-order valence-electron chi connectivity index (χ3n) is 3.38. The van der Waals surface area contributed by atoms with Gasteiger partial charge in [-0.2, -0.15) is 0 Å². The van der Waals surface area contributed by atoms with E-state index in [1.807, 2.05) is 32.0 Å². The maximum atomic E-state index is 11.1. The zero-order valence-corrected chi connectivity index (χ0v) is 10.8. The predicted molar refractivity (Wildman–Crippen MR) is 71.1 cm³/mol. The molecular formula is C15H17NO2. The van der Waals surface area contributed by atoms with E-state index < -0.39 is 5.97 Å².